The van der Waals surface area contributed by atoms with Crippen LogP contribution in [0.4, 0.5) is 8.78 Å². The van der Waals surface area contributed by atoms with Crippen LogP contribution in [0.25, 0.3) is 0 Å². The molecule has 0 saturated carbocycles. The summed E-state index contributed by atoms with van der Waals surface area (Å²) in [7, 11) is 0. The van der Waals surface area contributed by atoms with E-state index in [1.165, 1.54) is 30.3 Å². The molecule has 11 heteroatoms. The zero-order valence-electron chi connectivity index (χ0n) is 16.9. The average Bonchev–Trinajstić information content (AvgIpc) is 3.01. The highest BCUT2D eigenvalue weighted by Gasteiger charge is 2.45. The van der Waals surface area contributed by atoms with E-state index in [9.17, 15) is 23.2 Å². The number of benzene rings is 2. The van der Waals surface area contributed by atoms with Gasteiger partial charge in [-0.05, 0) is 36.8 Å². The predicted octanol–water partition coefficient (Wildman–Crippen LogP) is 2.94. The van der Waals surface area contributed by atoms with Crippen molar-refractivity contribution in [3.05, 3.63) is 58.1 Å². The first-order valence-electron chi connectivity index (χ1n) is 9.55. The SMILES string of the molecule is CCOc1cc(C(CC(N)=O)N2C(=O)c3cccc(Cl)c3C2C(N)=O)ccc1OC(F)F. The van der Waals surface area contributed by atoms with Crippen molar-refractivity contribution in [2.24, 2.45) is 11.5 Å². The van der Waals surface area contributed by atoms with Crippen LogP contribution in [0, 0.1) is 0 Å². The molecule has 1 aliphatic heterocycles. The second-order valence-electron chi connectivity index (χ2n) is 6.92. The third-order valence-electron chi connectivity index (χ3n) is 4.94. The van der Waals surface area contributed by atoms with Crippen molar-refractivity contribution >= 4 is 29.3 Å². The number of alkyl halides is 2. The Morgan fingerprint density at radius 3 is 2.50 bits per heavy atom. The molecule has 32 heavy (non-hydrogen) atoms. The van der Waals surface area contributed by atoms with E-state index in [2.05, 4.69) is 4.74 Å². The molecule has 2 aromatic carbocycles. The minimum Gasteiger partial charge on any atom is -0.490 e. The van der Waals surface area contributed by atoms with Gasteiger partial charge in [0.05, 0.1) is 19.1 Å². The molecule has 0 aromatic heterocycles. The highest BCUT2D eigenvalue weighted by molar-refractivity contribution is 6.32. The number of fused-ring (bicyclic) bond motifs is 1. The van der Waals surface area contributed by atoms with Gasteiger partial charge in [-0.3, -0.25) is 14.4 Å². The van der Waals surface area contributed by atoms with E-state index in [1.54, 1.807) is 13.0 Å². The molecule has 3 rings (SSSR count). The molecule has 1 heterocycles. The van der Waals surface area contributed by atoms with Crippen molar-refractivity contribution in [3.8, 4) is 11.5 Å². The average molecular weight is 468 g/mol. The van der Waals surface area contributed by atoms with Gasteiger partial charge in [0.25, 0.3) is 5.91 Å². The molecule has 8 nitrogen and oxygen atoms in total. The van der Waals surface area contributed by atoms with Crippen LogP contribution in [-0.4, -0.2) is 35.8 Å². The number of nitrogens with two attached hydrogens (primary N) is 2. The molecule has 0 spiro atoms. The molecule has 3 amide bonds. The summed E-state index contributed by atoms with van der Waals surface area (Å²) in [5.74, 6) is -2.46. The molecule has 0 bridgehead atoms. The molecule has 2 unspecified atom stereocenters. The molecule has 0 fully saturated rings. The van der Waals surface area contributed by atoms with Gasteiger partial charge < -0.3 is 25.8 Å². The molecule has 170 valence electrons. The third-order valence-corrected chi connectivity index (χ3v) is 5.27. The summed E-state index contributed by atoms with van der Waals surface area (Å²) in [6, 6.07) is 6.19. The van der Waals surface area contributed by atoms with Crippen LogP contribution in [-0.2, 0) is 9.59 Å². The lowest BCUT2D eigenvalue weighted by molar-refractivity contribution is -0.125. The number of ether oxygens (including phenoxy) is 2. The Kier molecular flexibility index (Phi) is 6.83. The van der Waals surface area contributed by atoms with Crippen molar-refractivity contribution in [1.82, 2.24) is 4.90 Å². The highest BCUT2D eigenvalue weighted by Crippen LogP contribution is 2.45. The van der Waals surface area contributed by atoms with Crippen molar-refractivity contribution in [2.45, 2.75) is 32.0 Å². The van der Waals surface area contributed by atoms with Crippen LogP contribution in [0.1, 0.15) is 46.9 Å². The van der Waals surface area contributed by atoms with Gasteiger partial charge in [-0.15, -0.1) is 0 Å². The number of carbonyl (C=O) groups is 3. The van der Waals surface area contributed by atoms with Crippen LogP contribution >= 0.6 is 11.6 Å². The van der Waals surface area contributed by atoms with Gasteiger partial charge in [-0.2, -0.15) is 8.78 Å². The van der Waals surface area contributed by atoms with Gasteiger partial charge in [0.1, 0.15) is 6.04 Å². The van der Waals surface area contributed by atoms with E-state index in [4.69, 9.17) is 27.8 Å². The summed E-state index contributed by atoms with van der Waals surface area (Å²) < 4.78 is 35.3. The number of hydrogen-bond acceptors (Lipinski definition) is 5. The smallest absolute Gasteiger partial charge is 0.387 e. The molecule has 4 N–H and O–H groups in total. The summed E-state index contributed by atoms with van der Waals surface area (Å²) in [5, 5.41) is 0.163. The lowest BCUT2D eigenvalue weighted by Gasteiger charge is -2.32. The predicted molar refractivity (Wildman–Crippen MR) is 110 cm³/mol. The molecule has 0 saturated heterocycles. The summed E-state index contributed by atoms with van der Waals surface area (Å²) in [4.78, 5) is 38.6. The second kappa shape index (κ2) is 9.39. The summed E-state index contributed by atoms with van der Waals surface area (Å²) >= 11 is 6.25. The van der Waals surface area contributed by atoms with Crippen LogP contribution in [0.3, 0.4) is 0 Å². The van der Waals surface area contributed by atoms with E-state index in [1.807, 2.05) is 0 Å². The molecule has 0 aliphatic carbocycles. The molecule has 2 aromatic rings. The van der Waals surface area contributed by atoms with Crippen molar-refractivity contribution in [1.29, 1.82) is 0 Å². The first-order chi connectivity index (χ1) is 15.1. The minimum atomic E-state index is -3.09. The van der Waals surface area contributed by atoms with E-state index in [0.717, 1.165) is 4.90 Å². The fourth-order valence-corrected chi connectivity index (χ4v) is 4.04. The van der Waals surface area contributed by atoms with Gasteiger partial charge in [-0.1, -0.05) is 23.7 Å². The molecular weight excluding hydrogens is 448 g/mol. The fourth-order valence-electron chi connectivity index (χ4n) is 3.76. The van der Waals surface area contributed by atoms with Gasteiger partial charge in [0.15, 0.2) is 11.5 Å². The van der Waals surface area contributed by atoms with E-state index in [0.29, 0.717) is 5.56 Å². The Bertz CT molecular complexity index is 1070. The van der Waals surface area contributed by atoms with Gasteiger partial charge >= 0.3 is 6.61 Å². The number of hydrogen-bond donors (Lipinski definition) is 2. The molecule has 0 radical (unpaired) electrons. The lowest BCUT2D eigenvalue weighted by Crippen LogP contribution is -2.40. The van der Waals surface area contributed by atoms with Gasteiger partial charge in [0.2, 0.25) is 11.8 Å². The second-order valence-corrected chi connectivity index (χ2v) is 7.33. The quantitative estimate of drug-likeness (QED) is 0.586. The highest BCUT2D eigenvalue weighted by atomic mass is 35.5. The fraction of sp³-hybridized carbons (Fsp3) is 0.286. The maximum absolute atomic E-state index is 13.2. The summed E-state index contributed by atoms with van der Waals surface area (Å²) in [6.45, 7) is -1.31. The molecular formula is C21H20ClF2N3O5. The monoisotopic (exact) mass is 467 g/mol. The number of carbonyl (C=O) groups excluding carboxylic acids is 3. The molecule has 1 aliphatic rings. The number of rotatable bonds is 9. The van der Waals surface area contributed by atoms with Crippen LogP contribution in [0.2, 0.25) is 5.02 Å². The van der Waals surface area contributed by atoms with Crippen LogP contribution < -0.4 is 20.9 Å². The largest absolute Gasteiger partial charge is 0.490 e. The zero-order valence-corrected chi connectivity index (χ0v) is 17.6. The van der Waals surface area contributed by atoms with Gasteiger partial charge in [-0.25, -0.2) is 0 Å². The Morgan fingerprint density at radius 1 is 1.19 bits per heavy atom. The van der Waals surface area contributed by atoms with Crippen LogP contribution in [0.15, 0.2) is 36.4 Å². The molecule has 2 atom stereocenters. The Balaban J connectivity index is 2.14. The number of primary amides is 2. The number of amides is 3. The van der Waals surface area contributed by atoms with Crippen molar-refractivity contribution < 1.29 is 32.6 Å². The Hall–Kier alpha value is -3.40. The summed E-state index contributed by atoms with van der Waals surface area (Å²) in [5.41, 5.74) is 11.7. The number of halogens is 3. The third kappa shape index (κ3) is 4.45. The maximum Gasteiger partial charge on any atom is 0.387 e. The summed E-state index contributed by atoms with van der Waals surface area (Å²) in [6.07, 6.45) is -0.373. The normalized spacial score (nSPS) is 16.1. The van der Waals surface area contributed by atoms with Gasteiger partial charge in [0, 0.05) is 16.1 Å². The lowest BCUT2D eigenvalue weighted by atomic mass is 9.98. The minimum absolute atomic E-state index is 0.0300. The van der Waals surface area contributed by atoms with E-state index in [-0.39, 0.29) is 40.7 Å². The van der Waals surface area contributed by atoms with E-state index >= 15 is 0 Å². The number of nitrogens with zero attached hydrogens (tertiary/aromatic N) is 1. The first kappa shape index (κ1) is 23.3. The first-order valence-corrected chi connectivity index (χ1v) is 9.93. The maximum atomic E-state index is 13.2. The van der Waals surface area contributed by atoms with Crippen molar-refractivity contribution in [3.63, 3.8) is 0 Å². The Morgan fingerprint density at radius 2 is 1.91 bits per heavy atom. The van der Waals surface area contributed by atoms with Crippen molar-refractivity contribution in [2.75, 3.05) is 6.61 Å². The Labute approximate surface area is 187 Å². The zero-order chi connectivity index (χ0) is 23.6. The van der Waals surface area contributed by atoms with E-state index < -0.39 is 36.4 Å². The van der Waals surface area contributed by atoms with Crippen LogP contribution in [0.5, 0.6) is 11.5 Å². The standard InChI is InChI=1S/C21H20ClF2N3O5/c1-2-31-15-8-10(6-7-14(15)32-21(23)24)13(9-16(25)28)27-18(19(26)29)17-11(20(27)30)4-3-5-12(17)22/h3-8,13,18,21H,2,9H2,1H3,(H2,25,28)(H2,26,29). The topological polar surface area (TPSA) is 125 Å².